The fraction of sp³-hybridized carbons (Fsp3) is 0.167. The van der Waals surface area contributed by atoms with Crippen LogP contribution < -0.4 is 10.6 Å². The van der Waals surface area contributed by atoms with E-state index in [9.17, 15) is 4.79 Å². The van der Waals surface area contributed by atoms with Crippen molar-refractivity contribution in [2.45, 2.75) is 19.6 Å². The maximum atomic E-state index is 11.9. The zero-order valence-corrected chi connectivity index (χ0v) is 14.3. The van der Waals surface area contributed by atoms with Gasteiger partial charge in [0.25, 0.3) is 0 Å². The van der Waals surface area contributed by atoms with Crippen LogP contribution in [0.25, 0.3) is 0 Å². The molecule has 0 saturated carbocycles. The summed E-state index contributed by atoms with van der Waals surface area (Å²) in [5.41, 5.74) is 3.03. The number of hydrogen-bond donors (Lipinski definition) is 2. The highest BCUT2D eigenvalue weighted by Crippen LogP contribution is 2.14. The molecule has 0 fully saturated rings. The van der Waals surface area contributed by atoms with Gasteiger partial charge in [0.2, 0.25) is 0 Å². The molecular weight excluding hydrogens is 338 g/mol. The molecule has 0 aliphatic heterocycles. The van der Waals surface area contributed by atoms with Crippen molar-refractivity contribution in [3.63, 3.8) is 0 Å². The van der Waals surface area contributed by atoms with Crippen LogP contribution in [-0.4, -0.2) is 20.8 Å². The smallest absolute Gasteiger partial charge is 0.315 e. The molecule has 7 heteroatoms. The van der Waals surface area contributed by atoms with Gasteiger partial charge in [0.05, 0.1) is 6.54 Å². The molecule has 0 bridgehead atoms. The van der Waals surface area contributed by atoms with Crippen LogP contribution in [0.3, 0.4) is 0 Å². The second-order valence-electron chi connectivity index (χ2n) is 5.54. The summed E-state index contributed by atoms with van der Waals surface area (Å²) in [5.74, 6) is 0. The lowest BCUT2D eigenvalue weighted by atomic mass is 10.1. The Bertz CT molecular complexity index is 818. The SMILES string of the molecule is O=C(NCc1ccc(Cn2cncn2)cc1)NCc1ccccc1Cl. The molecule has 128 valence electrons. The zero-order chi connectivity index (χ0) is 17.5. The average Bonchev–Trinajstić information content (AvgIpc) is 3.13. The van der Waals surface area contributed by atoms with Crippen LogP contribution in [0.15, 0.2) is 61.2 Å². The van der Waals surface area contributed by atoms with Crippen molar-refractivity contribution in [3.8, 4) is 0 Å². The number of carbonyl (C=O) groups is 1. The van der Waals surface area contributed by atoms with Gasteiger partial charge in [-0.2, -0.15) is 5.10 Å². The number of urea groups is 1. The van der Waals surface area contributed by atoms with Gasteiger partial charge in [-0.3, -0.25) is 0 Å². The number of benzene rings is 2. The Kier molecular flexibility index (Phi) is 5.64. The number of nitrogens with one attached hydrogen (secondary N) is 2. The van der Waals surface area contributed by atoms with E-state index < -0.39 is 0 Å². The van der Waals surface area contributed by atoms with Crippen molar-refractivity contribution < 1.29 is 4.79 Å². The lowest BCUT2D eigenvalue weighted by Crippen LogP contribution is -2.34. The molecule has 0 unspecified atom stereocenters. The lowest BCUT2D eigenvalue weighted by Gasteiger charge is -2.09. The molecule has 0 spiro atoms. The average molecular weight is 356 g/mol. The Hall–Kier alpha value is -2.86. The fourth-order valence-corrected chi connectivity index (χ4v) is 2.53. The molecule has 1 aromatic heterocycles. The molecule has 2 amide bonds. The van der Waals surface area contributed by atoms with Crippen molar-refractivity contribution in [1.29, 1.82) is 0 Å². The summed E-state index contributed by atoms with van der Waals surface area (Å²) in [4.78, 5) is 15.8. The zero-order valence-electron chi connectivity index (χ0n) is 13.5. The number of hydrogen-bond acceptors (Lipinski definition) is 3. The highest BCUT2D eigenvalue weighted by Gasteiger charge is 2.03. The molecule has 1 heterocycles. The number of nitrogens with zero attached hydrogens (tertiary/aromatic N) is 3. The van der Waals surface area contributed by atoms with Gasteiger partial charge in [-0.05, 0) is 22.8 Å². The van der Waals surface area contributed by atoms with Gasteiger partial charge in [0.15, 0.2) is 0 Å². The number of amides is 2. The molecule has 0 radical (unpaired) electrons. The summed E-state index contributed by atoms with van der Waals surface area (Å²) >= 11 is 6.06. The molecule has 2 N–H and O–H groups in total. The number of carbonyl (C=O) groups excluding carboxylic acids is 1. The second kappa shape index (κ2) is 8.30. The molecule has 25 heavy (non-hydrogen) atoms. The predicted molar refractivity (Wildman–Crippen MR) is 96.1 cm³/mol. The summed E-state index contributed by atoms with van der Waals surface area (Å²) in [6.07, 6.45) is 3.19. The monoisotopic (exact) mass is 355 g/mol. The van der Waals surface area contributed by atoms with Gasteiger partial charge in [-0.1, -0.05) is 54.1 Å². The molecule has 0 saturated heterocycles. The highest BCUT2D eigenvalue weighted by molar-refractivity contribution is 6.31. The third kappa shape index (κ3) is 5.06. The van der Waals surface area contributed by atoms with Crippen LogP contribution in [-0.2, 0) is 19.6 Å². The molecule has 2 aromatic carbocycles. The van der Waals surface area contributed by atoms with Crippen molar-refractivity contribution in [2.24, 2.45) is 0 Å². The molecule has 0 aliphatic rings. The highest BCUT2D eigenvalue weighted by atomic mass is 35.5. The minimum Gasteiger partial charge on any atom is -0.334 e. The second-order valence-corrected chi connectivity index (χ2v) is 5.94. The van der Waals surface area contributed by atoms with E-state index in [1.807, 2.05) is 42.5 Å². The van der Waals surface area contributed by atoms with Crippen LogP contribution >= 0.6 is 11.6 Å². The first-order chi connectivity index (χ1) is 12.2. The number of rotatable bonds is 6. The van der Waals surface area contributed by atoms with E-state index in [2.05, 4.69) is 20.7 Å². The maximum Gasteiger partial charge on any atom is 0.315 e. The van der Waals surface area contributed by atoms with E-state index in [1.165, 1.54) is 6.33 Å². The molecule has 3 rings (SSSR count). The van der Waals surface area contributed by atoms with Crippen LogP contribution in [0.2, 0.25) is 5.02 Å². The topological polar surface area (TPSA) is 71.8 Å². The Labute approximate surface area is 150 Å². The third-order valence-electron chi connectivity index (χ3n) is 3.68. The van der Waals surface area contributed by atoms with Crippen LogP contribution in [0.1, 0.15) is 16.7 Å². The first kappa shape index (κ1) is 17.0. The molecule has 6 nitrogen and oxygen atoms in total. The largest absolute Gasteiger partial charge is 0.334 e. The molecule has 0 aliphatic carbocycles. The van der Waals surface area contributed by atoms with Crippen LogP contribution in [0.4, 0.5) is 4.79 Å². The van der Waals surface area contributed by atoms with E-state index in [1.54, 1.807) is 17.1 Å². The third-order valence-corrected chi connectivity index (χ3v) is 4.05. The quantitative estimate of drug-likeness (QED) is 0.714. The first-order valence-electron chi connectivity index (χ1n) is 7.86. The van der Waals surface area contributed by atoms with E-state index in [0.29, 0.717) is 24.7 Å². The molecule has 0 atom stereocenters. The number of aromatic nitrogens is 3. The fourth-order valence-electron chi connectivity index (χ4n) is 2.33. The predicted octanol–water partition coefficient (Wildman–Crippen LogP) is 2.98. The normalized spacial score (nSPS) is 10.4. The van der Waals surface area contributed by atoms with Gasteiger partial charge >= 0.3 is 6.03 Å². The van der Waals surface area contributed by atoms with Crippen LogP contribution in [0.5, 0.6) is 0 Å². The van der Waals surface area contributed by atoms with E-state index in [4.69, 9.17) is 11.6 Å². The van der Waals surface area contributed by atoms with E-state index >= 15 is 0 Å². The minimum absolute atomic E-state index is 0.230. The van der Waals surface area contributed by atoms with Gasteiger partial charge in [-0.15, -0.1) is 0 Å². The van der Waals surface area contributed by atoms with Gasteiger partial charge < -0.3 is 10.6 Å². The summed E-state index contributed by atoms with van der Waals surface area (Å²) in [6, 6.07) is 15.2. The Balaban J connectivity index is 1.45. The maximum absolute atomic E-state index is 11.9. The van der Waals surface area contributed by atoms with Crippen molar-refractivity contribution in [2.75, 3.05) is 0 Å². The van der Waals surface area contributed by atoms with E-state index in [-0.39, 0.29) is 6.03 Å². The standard InChI is InChI=1S/C18H18ClN5O/c19-17-4-2-1-3-16(17)10-22-18(25)21-9-14-5-7-15(8-6-14)11-24-13-20-12-23-24/h1-8,12-13H,9-11H2,(H2,21,22,25). The summed E-state index contributed by atoms with van der Waals surface area (Å²) in [7, 11) is 0. The summed E-state index contributed by atoms with van der Waals surface area (Å²) in [6.45, 7) is 1.52. The number of halogens is 1. The van der Waals surface area contributed by atoms with Crippen molar-refractivity contribution in [1.82, 2.24) is 25.4 Å². The minimum atomic E-state index is -0.230. The molecular formula is C18H18ClN5O. The first-order valence-corrected chi connectivity index (χ1v) is 8.24. The van der Waals surface area contributed by atoms with Crippen molar-refractivity contribution >= 4 is 17.6 Å². The molecule has 3 aromatic rings. The van der Waals surface area contributed by atoms with E-state index in [0.717, 1.165) is 16.7 Å². The van der Waals surface area contributed by atoms with Crippen LogP contribution in [0, 0.1) is 0 Å². The summed E-state index contributed by atoms with van der Waals surface area (Å²) in [5, 5.41) is 10.4. The van der Waals surface area contributed by atoms with Gasteiger partial charge in [-0.25, -0.2) is 14.5 Å². The lowest BCUT2D eigenvalue weighted by molar-refractivity contribution is 0.240. The Morgan fingerprint density at radius 1 is 1.00 bits per heavy atom. The Morgan fingerprint density at radius 2 is 1.72 bits per heavy atom. The van der Waals surface area contributed by atoms with Gasteiger partial charge in [0.1, 0.15) is 12.7 Å². The van der Waals surface area contributed by atoms with Crippen molar-refractivity contribution in [3.05, 3.63) is 82.9 Å². The summed E-state index contributed by atoms with van der Waals surface area (Å²) < 4.78 is 1.76. The van der Waals surface area contributed by atoms with Gasteiger partial charge in [0, 0.05) is 18.1 Å². The Morgan fingerprint density at radius 3 is 2.44 bits per heavy atom.